The number of halogens is 1. The quantitative estimate of drug-likeness (QED) is 0.794. The average Bonchev–Trinajstić information content (AvgIpc) is 2.36. The van der Waals surface area contributed by atoms with Crippen molar-refractivity contribution in [2.45, 2.75) is 32.8 Å². The minimum absolute atomic E-state index is 0.287. The van der Waals surface area contributed by atoms with Crippen molar-refractivity contribution in [1.29, 1.82) is 0 Å². The van der Waals surface area contributed by atoms with Gasteiger partial charge in [-0.05, 0) is 31.0 Å². The van der Waals surface area contributed by atoms with Crippen LogP contribution in [0.2, 0.25) is 0 Å². The van der Waals surface area contributed by atoms with Gasteiger partial charge in [0.2, 0.25) is 0 Å². The fourth-order valence-electron chi connectivity index (χ4n) is 1.86. The summed E-state index contributed by atoms with van der Waals surface area (Å²) in [6, 6.07) is 5.52. The van der Waals surface area contributed by atoms with Crippen molar-refractivity contribution in [2.24, 2.45) is 5.92 Å². The van der Waals surface area contributed by atoms with Crippen LogP contribution in [0.1, 0.15) is 38.4 Å². The molecule has 0 amide bonds. The molecule has 0 aromatic heterocycles. The molecule has 0 heterocycles. The number of aliphatic hydroxyl groups is 1. The van der Waals surface area contributed by atoms with Gasteiger partial charge in [-0.25, -0.2) is 4.39 Å². The number of esters is 1. The molecule has 1 N–H and O–H groups in total. The molecule has 0 saturated heterocycles. The van der Waals surface area contributed by atoms with E-state index in [0.717, 1.165) is 6.42 Å². The summed E-state index contributed by atoms with van der Waals surface area (Å²) < 4.78 is 17.8. The zero-order chi connectivity index (χ0) is 13.5. The number of carbonyl (C=O) groups excluding carboxylic acids is 1. The summed E-state index contributed by atoms with van der Waals surface area (Å²) in [4.78, 5) is 11.8. The molecular formula is C14H19FO3. The van der Waals surface area contributed by atoms with Crippen molar-refractivity contribution >= 4 is 5.97 Å². The van der Waals surface area contributed by atoms with Gasteiger partial charge in [-0.1, -0.05) is 25.5 Å². The highest BCUT2D eigenvalue weighted by Crippen LogP contribution is 2.27. The number of benzene rings is 1. The molecule has 0 bridgehead atoms. The topological polar surface area (TPSA) is 46.5 Å². The molecule has 2 unspecified atom stereocenters. The van der Waals surface area contributed by atoms with Crippen LogP contribution < -0.4 is 0 Å². The summed E-state index contributed by atoms with van der Waals surface area (Å²) in [6.45, 7) is 3.95. The number of hydrogen-bond donors (Lipinski definition) is 1. The minimum Gasteiger partial charge on any atom is -0.466 e. The molecule has 3 nitrogen and oxygen atoms in total. The lowest BCUT2D eigenvalue weighted by Crippen LogP contribution is -2.24. The van der Waals surface area contributed by atoms with E-state index in [1.807, 2.05) is 6.92 Å². The number of rotatable bonds is 6. The van der Waals surface area contributed by atoms with Crippen molar-refractivity contribution < 1.29 is 19.0 Å². The molecular weight excluding hydrogens is 235 g/mol. The van der Waals surface area contributed by atoms with Crippen LogP contribution in [0, 0.1) is 11.7 Å². The Bertz CT molecular complexity index is 375. The highest BCUT2D eigenvalue weighted by atomic mass is 19.1. The molecule has 1 rings (SSSR count). The van der Waals surface area contributed by atoms with Crippen LogP contribution in [0.15, 0.2) is 24.3 Å². The smallest absolute Gasteiger partial charge is 0.311 e. The first-order chi connectivity index (χ1) is 8.60. The summed E-state index contributed by atoms with van der Waals surface area (Å²) >= 11 is 0. The van der Waals surface area contributed by atoms with E-state index in [1.54, 1.807) is 6.92 Å². The monoisotopic (exact) mass is 254 g/mol. The third-order valence-corrected chi connectivity index (χ3v) is 2.78. The Kier molecular flexibility index (Phi) is 5.78. The van der Waals surface area contributed by atoms with Crippen LogP contribution >= 0.6 is 0 Å². The van der Waals surface area contributed by atoms with Crippen molar-refractivity contribution in [3.8, 4) is 0 Å². The van der Waals surface area contributed by atoms with Gasteiger partial charge in [-0.3, -0.25) is 4.79 Å². The molecule has 0 aliphatic rings. The van der Waals surface area contributed by atoms with Crippen LogP contribution in [0.3, 0.4) is 0 Å². The Labute approximate surface area is 107 Å². The summed E-state index contributed by atoms with van der Waals surface area (Å²) in [5.41, 5.74) is 0.530. The van der Waals surface area contributed by atoms with Crippen LogP contribution in [0.5, 0.6) is 0 Å². The van der Waals surface area contributed by atoms with Gasteiger partial charge >= 0.3 is 5.97 Å². The number of carbonyl (C=O) groups is 1. The second-order valence-electron chi connectivity index (χ2n) is 4.14. The van der Waals surface area contributed by atoms with Gasteiger partial charge in [0.05, 0.1) is 18.6 Å². The normalized spacial score (nSPS) is 14.0. The summed E-state index contributed by atoms with van der Waals surface area (Å²) in [5, 5.41) is 10.2. The van der Waals surface area contributed by atoms with Gasteiger partial charge in [0.25, 0.3) is 0 Å². The van der Waals surface area contributed by atoms with Gasteiger partial charge in [0.1, 0.15) is 5.82 Å². The summed E-state index contributed by atoms with van der Waals surface area (Å²) in [7, 11) is 0. The highest BCUT2D eigenvalue weighted by molar-refractivity contribution is 5.73. The first-order valence-corrected chi connectivity index (χ1v) is 6.20. The van der Waals surface area contributed by atoms with E-state index in [4.69, 9.17) is 4.74 Å². The minimum atomic E-state index is -0.954. The molecule has 18 heavy (non-hydrogen) atoms. The standard InChI is InChI=1S/C14H19FO3/c1-3-5-12(14(17)18-4-2)13(16)10-6-8-11(15)9-7-10/h6-9,12-13,16H,3-5H2,1-2H3. The maximum Gasteiger partial charge on any atom is 0.311 e. The second-order valence-corrected chi connectivity index (χ2v) is 4.14. The fourth-order valence-corrected chi connectivity index (χ4v) is 1.86. The first-order valence-electron chi connectivity index (χ1n) is 6.20. The maximum absolute atomic E-state index is 12.8. The van der Waals surface area contributed by atoms with Crippen molar-refractivity contribution in [2.75, 3.05) is 6.61 Å². The van der Waals surface area contributed by atoms with Crippen LogP contribution in [0.25, 0.3) is 0 Å². The van der Waals surface area contributed by atoms with Crippen molar-refractivity contribution in [3.05, 3.63) is 35.6 Å². The lowest BCUT2D eigenvalue weighted by Gasteiger charge is -2.21. The Balaban J connectivity index is 2.84. The molecule has 0 aliphatic heterocycles. The average molecular weight is 254 g/mol. The van der Waals surface area contributed by atoms with Gasteiger partial charge in [-0.15, -0.1) is 0 Å². The Morgan fingerprint density at radius 1 is 1.33 bits per heavy atom. The lowest BCUT2D eigenvalue weighted by molar-refractivity contribution is -0.152. The third-order valence-electron chi connectivity index (χ3n) is 2.78. The van der Waals surface area contributed by atoms with Crippen LogP contribution in [-0.4, -0.2) is 17.7 Å². The van der Waals surface area contributed by atoms with E-state index in [9.17, 15) is 14.3 Å². The summed E-state index contributed by atoms with van der Waals surface area (Å²) in [6.07, 6.45) is 0.351. The lowest BCUT2D eigenvalue weighted by atomic mass is 9.92. The Morgan fingerprint density at radius 2 is 1.94 bits per heavy atom. The zero-order valence-corrected chi connectivity index (χ0v) is 10.7. The molecule has 0 radical (unpaired) electrons. The maximum atomic E-state index is 12.8. The first kappa shape index (κ1) is 14.6. The SMILES string of the molecule is CCCC(C(=O)OCC)C(O)c1ccc(F)cc1. The predicted molar refractivity (Wildman–Crippen MR) is 66.4 cm³/mol. The van der Waals surface area contributed by atoms with Crippen LogP contribution in [0.4, 0.5) is 4.39 Å². The van der Waals surface area contributed by atoms with Gasteiger partial charge < -0.3 is 9.84 Å². The number of aliphatic hydroxyl groups excluding tert-OH is 1. The van der Waals surface area contributed by atoms with Gasteiger partial charge in [0, 0.05) is 0 Å². The van der Waals surface area contributed by atoms with Crippen molar-refractivity contribution in [3.63, 3.8) is 0 Å². The van der Waals surface area contributed by atoms with E-state index in [-0.39, 0.29) is 12.4 Å². The van der Waals surface area contributed by atoms with Gasteiger partial charge in [0.15, 0.2) is 0 Å². The molecule has 0 aliphatic carbocycles. The molecule has 100 valence electrons. The number of ether oxygens (including phenoxy) is 1. The fraction of sp³-hybridized carbons (Fsp3) is 0.500. The van der Waals surface area contributed by atoms with Crippen LogP contribution in [-0.2, 0) is 9.53 Å². The second kappa shape index (κ2) is 7.11. The molecule has 4 heteroatoms. The van der Waals surface area contributed by atoms with E-state index < -0.39 is 18.0 Å². The Hall–Kier alpha value is -1.42. The highest BCUT2D eigenvalue weighted by Gasteiger charge is 2.28. The molecule has 2 atom stereocenters. The molecule has 1 aromatic carbocycles. The largest absolute Gasteiger partial charge is 0.466 e. The van der Waals surface area contributed by atoms with E-state index in [1.165, 1.54) is 24.3 Å². The number of hydrogen-bond acceptors (Lipinski definition) is 3. The predicted octanol–water partition coefficient (Wildman–Crippen LogP) is 2.84. The molecule has 0 fully saturated rings. The molecule has 0 saturated carbocycles. The van der Waals surface area contributed by atoms with E-state index >= 15 is 0 Å². The Morgan fingerprint density at radius 3 is 2.44 bits per heavy atom. The van der Waals surface area contributed by atoms with Crippen molar-refractivity contribution in [1.82, 2.24) is 0 Å². The van der Waals surface area contributed by atoms with E-state index in [0.29, 0.717) is 12.0 Å². The van der Waals surface area contributed by atoms with Gasteiger partial charge in [-0.2, -0.15) is 0 Å². The van der Waals surface area contributed by atoms with E-state index in [2.05, 4.69) is 0 Å². The molecule has 1 aromatic rings. The molecule has 0 spiro atoms. The third kappa shape index (κ3) is 3.81. The zero-order valence-electron chi connectivity index (χ0n) is 10.7. The summed E-state index contributed by atoms with van der Waals surface area (Å²) in [5.74, 6) is -1.37.